The summed E-state index contributed by atoms with van der Waals surface area (Å²) in [4.78, 5) is 4.17. The maximum absolute atomic E-state index is 7.82. The number of benzene rings is 1. The highest BCUT2D eigenvalue weighted by Gasteiger charge is 2.10. The van der Waals surface area contributed by atoms with Crippen LogP contribution in [0.5, 0.6) is 5.75 Å². The molecule has 1 aromatic carbocycles. The van der Waals surface area contributed by atoms with Gasteiger partial charge in [-0.1, -0.05) is 0 Å². The first-order chi connectivity index (χ1) is 10.6. The Labute approximate surface area is 108 Å². The fourth-order valence-corrected chi connectivity index (χ4v) is 2.17. The van der Waals surface area contributed by atoms with E-state index < -0.39 is 14.0 Å². The Bertz CT molecular complexity index is 894. The van der Waals surface area contributed by atoms with Gasteiger partial charge in [0.1, 0.15) is 5.75 Å². The number of rotatable bonds is 1. The van der Waals surface area contributed by atoms with Gasteiger partial charge in [0.05, 0.1) is 27.9 Å². The van der Waals surface area contributed by atoms with Crippen LogP contribution in [-0.2, 0) is 6.98 Å². The van der Waals surface area contributed by atoms with Crippen molar-refractivity contribution in [3.8, 4) is 5.75 Å². The van der Waals surface area contributed by atoms with Crippen LogP contribution < -0.4 is 4.74 Å². The summed E-state index contributed by atoms with van der Waals surface area (Å²) in [5.41, 5.74) is 1.49. The Kier molecular flexibility index (Phi) is 1.13. The first-order valence-corrected chi connectivity index (χ1v) is 5.17. The molecule has 0 saturated heterocycles. The van der Waals surface area contributed by atoms with Gasteiger partial charge in [-0.05, 0) is 25.1 Å². The normalized spacial score (nSPS) is 17.9. The number of nitrogens with zero attached hydrogens (tertiary/aromatic N) is 2. The molecule has 17 heavy (non-hydrogen) atoms. The summed E-state index contributed by atoms with van der Waals surface area (Å²) in [5.74, 6) is 0.0939. The van der Waals surface area contributed by atoms with E-state index in [0.29, 0.717) is 22.1 Å². The number of hydrogen-bond acceptors (Lipinski definition) is 2. The van der Waals surface area contributed by atoms with Crippen molar-refractivity contribution in [1.82, 2.24) is 9.55 Å². The van der Waals surface area contributed by atoms with Gasteiger partial charge in [-0.15, -0.1) is 0 Å². The minimum atomic E-state index is -2.60. The molecule has 0 aliphatic rings. The molecule has 2 heterocycles. The van der Waals surface area contributed by atoms with Gasteiger partial charge in [0.15, 0.2) is 0 Å². The zero-order chi connectivity index (χ0) is 17.0. The third kappa shape index (κ3) is 1.32. The molecule has 0 unspecified atom stereocenters. The van der Waals surface area contributed by atoms with Crippen molar-refractivity contribution in [3.63, 3.8) is 0 Å². The van der Waals surface area contributed by atoms with E-state index in [2.05, 4.69) is 4.98 Å². The molecule has 0 fully saturated rings. The van der Waals surface area contributed by atoms with Gasteiger partial charge in [-0.3, -0.25) is 4.98 Å². The van der Waals surface area contributed by atoms with Crippen molar-refractivity contribution < 1.29 is 13.0 Å². The zero-order valence-electron chi connectivity index (χ0n) is 15.2. The van der Waals surface area contributed by atoms with Crippen LogP contribution in [0.4, 0.5) is 0 Å². The highest BCUT2D eigenvalue weighted by atomic mass is 16.5. The quantitative estimate of drug-likeness (QED) is 0.645. The van der Waals surface area contributed by atoms with Crippen molar-refractivity contribution in [2.45, 2.75) is 6.92 Å². The Hall–Kier alpha value is -2.03. The van der Waals surface area contributed by atoms with E-state index in [1.54, 1.807) is 25.3 Å². The molecule has 0 aliphatic carbocycles. The minimum absolute atomic E-state index is 0.0939. The van der Waals surface area contributed by atoms with Crippen molar-refractivity contribution in [2.24, 2.45) is 6.98 Å². The summed E-state index contributed by atoms with van der Waals surface area (Å²) in [6.45, 7) is -0.685. The molecule has 0 radical (unpaired) electrons. The number of pyridine rings is 1. The molecule has 0 spiro atoms. The van der Waals surface area contributed by atoms with Crippen LogP contribution in [0.3, 0.4) is 0 Å². The second-order valence-corrected chi connectivity index (χ2v) is 3.91. The van der Waals surface area contributed by atoms with E-state index in [1.807, 2.05) is 0 Å². The minimum Gasteiger partial charge on any atom is -0.497 e. The Balaban J connectivity index is 2.39. The largest absolute Gasteiger partial charge is 0.497 e. The standard InChI is InChI=1S/C14H14N2O/c1-9-14-12(6-7-15-9)11-5-4-10(17-3)8-13(11)16(14)2/h4-8H,1-3H3/i2D3,3D3. The second-order valence-electron chi connectivity index (χ2n) is 3.91. The first kappa shape index (κ1) is 5.54. The smallest absolute Gasteiger partial charge is 0.120 e. The van der Waals surface area contributed by atoms with Crippen molar-refractivity contribution >= 4 is 21.8 Å². The van der Waals surface area contributed by atoms with E-state index >= 15 is 0 Å². The Morgan fingerprint density at radius 2 is 2.24 bits per heavy atom. The average Bonchev–Trinajstić information content (AvgIpc) is 2.71. The van der Waals surface area contributed by atoms with Crippen LogP contribution in [-0.4, -0.2) is 16.6 Å². The lowest BCUT2D eigenvalue weighted by molar-refractivity contribution is 0.415. The molecule has 0 amide bonds. The fraction of sp³-hybridized carbons (Fsp3) is 0.214. The van der Waals surface area contributed by atoms with Gasteiger partial charge in [-0.25, -0.2) is 0 Å². The molecular formula is C14H14N2O. The zero-order valence-corrected chi connectivity index (χ0v) is 9.19. The van der Waals surface area contributed by atoms with Gasteiger partial charge in [-0.2, -0.15) is 0 Å². The summed E-state index contributed by atoms with van der Waals surface area (Å²) in [7, 11) is -2.60. The number of aromatic nitrogens is 2. The predicted octanol–water partition coefficient (Wildman–Crippen LogP) is 3.04. The number of hydrogen-bond donors (Lipinski definition) is 0. The maximum Gasteiger partial charge on any atom is 0.120 e. The Morgan fingerprint density at radius 1 is 1.29 bits per heavy atom. The van der Waals surface area contributed by atoms with Crippen LogP contribution in [0.15, 0.2) is 30.5 Å². The van der Waals surface area contributed by atoms with Crippen LogP contribution in [0.1, 0.15) is 13.9 Å². The third-order valence-corrected chi connectivity index (χ3v) is 2.95. The van der Waals surface area contributed by atoms with Gasteiger partial charge in [0.2, 0.25) is 0 Å². The highest BCUT2D eigenvalue weighted by Crippen LogP contribution is 2.31. The molecule has 86 valence electrons. The molecule has 2 aromatic heterocycles. The summed E-state index contributed by atoms with van der Waals surface area (Å²) in [6, 6.07) is 6.37. The molecule has 0 saturated carbocycles. The average molecular weight is 232 g/mol. The third-order valence-electron chi connectivity index (χ3n) is 2.95. The van der Waals surface area contributed by atoms with Crippen LogP contribution in [0, 0.1) is 6.92 Å². The number of aryl methyl sites for hydroxylation is 2. The van der Waals surface area contributed by atoms with Crippen molar-refractivity contribution in [2.75, 3.05) is 7.04 Å². The molecule has 0 bridgehead atoms. The molecule has 3 aromatic rings. The van der Waals surface area contributed by atoms with E-state index in [0.717, 1.165) is 5.39 Å². The molecule has 3 heteroatoms. The van der Waals surface area contributed by atoms with Gasteiger partial charge < -0.3 is 9.30 Å². The molecule has 0 atom stereocenters. The monoisotopic (exact) mass is 232 g/mol. The van der Waals surface area contributed by atoms with Crippen LogP contribution in [0.2, 0.25) is 0 Å². The Morgan fingerprint density at radius 3 is 3.06 bits per heavy atom. The molecular weight excluding hydrogens is 212 g/mol. The maximum atomic E-state index is 7.82. The van der Waals surface area contributed by atoms with Crippen LogP contribution >= 0.6 is 0 Å². The lowest BCUT2D eigenvalue weighted by atomic mass is 10.1. The number of ether oxygens (including phenoxy) is 1. The van der Waals surface area contributed by atoms with Gasteiger partial charge >= 0.3 is 0 Å². The molecule has 3 nitrogen and oxygen atoms in total. The lowest BCUT2D eigenvalue weighted by Crippen LogP contribution is -1.91. The summed E-state index contributed by atoms with van der Waals surface area (Å²) < 4.78 is 51.1. The van der Waals surface area contributed by atoms with Gasteiger partial charge in [0.25, 0.3) is 0 Å². The SMILES string of the molecule is [2H]C([2H])([2H])Oc1ccc2c3ccnc(C)c3n(C([2H])([2H])[2H])c2c1. The first-order valence-electron chi connectivity index (χ1n) is 8.17. The summed E-state index contributed by atoms with van der Waals surface area (Å²) in [5, 5.41) is 1.46. The van der Waals surface area contributed by atoms with E-state index in [1.165, 1.54) is 16.7 Å². The van der Waals surface area contributed by atoms with E-state index in [4.69, 9.17) is 13.0 Å². The molecule has 3 rings (SSSR count). The number of methoxy groups -OCH3 is 1. The topological polar surface area (TPSA) is 27.1 Å². The van der Waals surface area contributed by atoms with Gasteiger partial charge in [0, 0.05) is 34.1 Å². The van der Waals surface area contributed by atoms with Crippen molar-refractivity contribution in [1.29, 1.82) is 0 Å². The summed E-state index contributed by atoms with van der Waals surface area (Å²) in [6.07, 6.45) is 1.62. The predicted molar refractivity (Wildman–Crippen MR) is 69.5 cm³/mol. The molecule has 0 aliphatic heterocycles. The summed E-state index contributed by atoms with van der Waals surface area (Å²) >= 11 is 0. The number of fused-ring (bicyclic) bond motifs is 3. The second kappa shape index (κ2) is 3.48. The van der Waals surface area contributed by atoms with Crippen LogP contribution in [0.25, 0.3) is 21.8 Å². The highest BCUT2D eigenvalue weighted by molar-refractivity contribution is 6.08. The fourth-order valence-electron chi connectivity index (χ4n) is 2.17. The lowest BCUT2D eigenvalue weighted by Gasteiger charge is -2.02. The molecule has 0 N–H and O–H groups in total. The van der Waals surface area contributed by atoms with E-state index in [9.17, 15) is 0 Å². The van der Waals surface area contributed by atoms with Crippen molar-refractivity contribution in [3.05, 3.63) is 36.2 Å². The van der Waals surface area contributed by atoms with E-state index in [-0.39, 0.29) is 5.75 Å².